The fraction of sp³-hybridized carbons (Fsp3) is 0.188. The number of anilines is 1. The maximum atomic E-state index is 13.0. The molecule has 2 nitrogen and oxygen atoms in total. The normalized spacial score (nSPS) is 11.9. The van der Waals surface area contributed by atoms with Crippen LogP contribution in [0, 0.1) is 11.6 Å². The highest BCUT2D eigenvalue weighted by molar-refractivity contribution is 5.91. The van der Waals surface area contributed by atoms with E-state index in [4.69, 9.17) is 0 Å². The number of nitrogens with one attached hydrogen (secondary N) is 1. The molecule has 0 unspecified atom stereocenters. The number of amides is 1. The Labute approximate surface area is 116 Å². The molecule has 1 atom stereocenters. The number of halogens is 2. The summed E-state index contributed by atoms with van der Waals surface area (Å²) in [6.45, 7) is 1.94. The summed E-state index contributed by atoms with van der Waals surface area (Å²) in [4.78, 5) is 11.9. The molecule has 0 spiro atoms. The van der Waals surface area contributed by atoms with Crippen LogP contribution in [-0.4, -0.2) is 5.91 Å². The quantitative estimate of drug-likeness (QED) is 0.894. The smallest absolute Gasteiger partial charge is 0.224 e. The van der Waals surface area contributed by atoms with E-state index in [-0.39, 0.29) is 23.9 Å². The van der Waals surface area contributed by atoms with Crippen LogP contribution in [0.1, 0.15) is 24.8 Å². The van der Waals surface area contributed by atoms with Gasteiger partial charge in [0.2, 0.25) is 5.91 Å². The zero-order chi connectivity index (χ0) is 14.5. The number of hydrogen-bond donors (Lipinski definition) is 1. The fourth-order valence-electron chi connectivity index (χ4n) is 1.96. The van der Waals surface area contributed by atoms with Crippen LogP contribution in [0.3, 0.4) is 0 Å². The van der Waals surface area contributed by atoms with E-state index in [0.717, 1.165) is 17.7 Å². The Balaban J connectivity index is 1.97. The van der Waals surface area contributed by atoms with Crippen molar-refractivity contribution in [2.75, 3.05) is 5.32 Å². The van der Waals surface area contributed by atoms with Gasteiger partial charge in [-0.2, -0.15) is 0 Å². The van der Waals surface area contributed by atoms with Gasteiger partial charge >= 0.3 is 0 Å². The van der Waals surface area contributed by atoms with Gasteiger partial charge in [0.15, 0.2) is 11.6 Å². The van der Waals surface area contributed by atoms with E-state index < -0.39 is 11.6 Å². The standard InChI is InChI=1S/C16H15F2NO/c1-11(12-5-3-2-4-6-12)9-16(20)19-13-7-8-14(17)15(18)10-13/h2-8,10-11H,9H2,1H3,(H,19,20)/t11-/m1/s1. The van der Waals surface area contributed by atoms with Crippen LogP contribution < -0.4 is 5.32 Å². The minimum absolute atomic E-state index is 0.0569. The van der Waals surface area contributed by atoms with Crippen LogP contribution >= 0.6 is 0 Å². The highest BCUT2D eigenvalue weighted by atomic mass is 19.2. The fourth-order valence-corrected chi connectivity index (χ4v) is 1.96. The SMILES string of the molecule is C[C@H](CC(=O)Nc1ccc(F)c(F)c1)c1ccccc1. The van der Waals surface area contributed by atoms with Crippen molar-refractivity contribution in [2.45, 2.75) is 19.3 Å². The Hall–Kier alpha value is -2.23. The van der Waals surface area contributed by atoms with E-state index in [1.807, 2.05) is 37.3 Å². The minimum atomic E-state index is -0.973. The Bertz CT molecular complexity index is 599. The molecular formula is C16H15F2NO. The van der Waals surface area contributed by atoms with Crippen molar-refractivity contribution in [1.29, 1.82) is 0 Å². The molecule has 0 heterocycles. The van der Waals surface area contributed by atoms with Gasteiger partial charge in [-0.15, -0.1) is 0 Å². The minimum Gasteiger partial charge on any atom is -0.326 e. The first-order valence-corrected chi connectivity index (χ1v) is 6.36. The molecule has 0 radical (unpaired) electrons. The first-order chi connectivity index (χ1) is 9.56. The van der Waals surface area contributed by atoms with Gasteiger partial charge in [-0.3, -0.25) is 4.79 Å². The molecule has 20 heavy (non-hydrogen) atoms. The molecule has 0 saturated carbocycles. The molecule has 0 bridgehead atoms. The van der Waals surface area contributed by atoms with Crippen molar-refractivity contribution in [3.05, 3.63) is 65.7 Å². The van der Waals surface area contributed by atoms with E-state index in [9.17, 15) is 13.6 Å². The molecule has 0 aliphatic carbocycles. The second kappa shape index (κ2) is 6.28. The van der Waals surface area contributed by atoms with Crippen molar-refractivity contribution in [3.63, 3.8) is 0 Å². The molecule has 2 aromatic carbocycles. The van der Waals surface area contributed by atoms with Crippen molar-refractivity contribution in [3.8, 4) is 0 Å². The summed E-state index contributed by atoms with van der Waals surface area (Å²) in [5, 5.41) is 2.57. The van der Waals surface area contributed by atoms with E-state index in [0.29, 0.717) is 0 Å². The Kier molecular flexibility index (Phi) is 4.45. The average Bonchev–Trinajstić information content (AvgIpc) is 2.44. The molecule has 2 rings (SSSR count). The van der Waals surface area contributed by atoms with Gasteiger partial charge < -0.3 is 5.32 Å². The lowest BCUT2D eigenvalue weighted by molar-refractivity contribution is -0.116. The molecule has 0 saturated heterocycles. The summed E-state index contributed by atoms with van der Waals surface area (Å²) in [5.74, 6) is -2.08. The van der Waals surface area contributed by atoms with Gasteiger partial charge in [0.25, 0.3) is 0 Å². The predicted molar refractivity (Wildman–Crippen MR) is 74.5 cm³/mol. The van der Waals surface area contributed by atoms with Crippen LogP contribution in [0.2, 0.25) is 0 Å². The Morgan fingerprint density at radius 1 is 1.10 bits per heavy atom. The van der Waals surface area contributed by atoms with Crippen LogP contribution in [0.25, 0.3) is 0 Å². The topological polar surface area (TPSA) is 29.1 Å². The van der Waals surface area contributed by atoms with Crippen LogP contribution in [0.5, 0.6) is 0 Å². The monoisotopic (exact) mass is 275 g/mol. The van der Waals surface area contributed by atoms with Gasteiger partial charge in [-0.05, 0) is 23.6 Å². The molecule has 0 fully saturated rings. The average molecular weight is 275 g/mol. The lowest BCUT2D eigenvalue weighted by Crippen LogP contribution is -2.14. The van der Waals surface area contributed by atoms with Gasteiger partial charge in [-0.25, -0.2) is 8.78 Å². The van der Waals surface area contributed by atoms with Crippen molar-refractivity contribution >= 4 is 11.6 Å². The summed E-state index contributed by atoms with van der Waals surface area (Å²) in [6, 6.07) is 13.0. The maximum absolute atomic E-state index is 13.0. The summed E-state index contributed by atoms with van der Waals surface area (Å²) in [5.41, 5.74) is 1.32. The van der Waals surface area contributed by atoms with E-state index in [1.165, 1.54) is 6.07 Å². The number of hydrogen-bond acceptors (Lipinski definition) is 1. The second-order valence-corrected chi connectivity index (χ2v) is 4.69. The molecule has 1 amide bonds. The third-order valence-electron chi connectivity index (χ3n) is 3.06. The van der Waals surface area contributed by atoms with Crippen LogP contribution in [0.4, 0.5) is 14.5 Å². The van der Waals surface area contributed by atoms with Gasteiger partial charge in [0.05, 0.1) is 0 Å². The zero-order valence-corrected chi connectivity index (χ0v) is 11.1. The highest BCUT2D eigenvalue weighted by Gasteiger charge is 2.12. The first-order valence-electron chi connectivity index (χ1n) is 6.36. The van der Waals surface area contributed by atoms with Crippen molar-refractivity contribution in [1.82, 2.24) is 0 Å². The molecule has 104 valence electrons. The maximum Gasteiger partial charge on any atom is 0.224 e. The molecule has 2 aromatic rings. The van der Waals surface area contributed by atoms with Gasteiger partial charge in [-0.1, -0.05) is 37.3 Å². The van der Waals surface area contributed by atoms with Crippen LogP contribution in [-0.2, 0) is 4.79 Å². The Morgan fingerprint density at radius 3 is 2.45 bits per heavy atom. The number of rotatable bonds is 4. The van der Waals surface area contributed by atoms with E-state index >= 15 is 0 Å². The third-order valence-corrected chi connectivity index (χ3v) is 3.06. The van der Waals surface area contributed by atoms with Gasteiger partial charge in [0, 0.05) is 18.2 Å². The molecule has 4 heteroatoms. The molecule has 0 aliphatic heterocycles. The Morgan fingerprint density at radius 2 is 1.80 bits per heavy atom. The van der Waals surface area contributed by atoms with Gasteiger partial charge in [0.1, 0.15) is 0 Å². The molecule has 1 N–H and O–H groups in total. The van der Waals surface area contributed by atoms with E-state index in [2.05, 4.69) is 5.32 Å². The summed E-state index contributed by atoms with van der Waals surface area (Å²) < 4.78 is 25.8. The van der Waals surface area contributed by atoms with Crippen molar-refractivity contribution in [2.24, 2.45) is 0 Å². The lowest BCUT2D eigenvalue weighted by atomic mass is 9.97. The molecular weight excluding hydrogens is 260 g/mol. The first kappa shape index (κ1) is 14.2. The molecule has 0 aliphatic rings. The highest BCUT2D eigenvalue weighted by Crippen LogP contribution is 2.20. The number of carbonyl (C=O) groups is 1. The largest absolute Gasteiger partial charge is 0.326 e. The van der Waals surface area contributed by atoms with E-state index in [1.54, 1.807) is 0 Å². The van der Waals surface area contributed by atoms with Crippen molar-refractivity contribution < 1.29 is 13.6 Å². The summed E-state index contributed by atoms with van der Waals surface area (Å²) in [6.07, 6.45) is 0.281. The number of benzene rings is 2. The third kappa shape index (κ3) is 3.63. The predicted octanol–water partition coefficient (Wildman–Crippen LogP) is 4.10. The lowest BCUT2D eigenvalue weighted by Gasteiger charge is -2.12. The second-order valence-electron chi connectivity index (χ2n) is 4.69. The van der Waals surface area contributed by atoms with Crippen LogP contribution in [0.15, 0.2) is 48.5 Å². The number of carbonyl (C=O) groups excluding carboxylic acids is 1. The summed E-state index contributed by atoms with van der Waals surface area (Å²) in [7, 11) is 0. The zero-order valence-electron chi connectivity index (χ0n) is 11.1. The molecule has 0 aromatic heterocycles. The summed E-state index contributed by atoms with van der Waals surface area (Å²) >= 11 is 0.